The van der Waals surface area contributed by atoms with Gasteiger partial charge in [-0.3, -0.25) is 0 Å². The van der Waals surface area contributed by atoms with Crippen LogP contribution in [-0.4, -0.2) is 10.2 Å². The number of thioether (sulfide) groups is 1. The third-order valence-corrected chi connectivity index (χ3v) is 13.0. The summed E-state index contributed by atoms with van der Waals surface area (Å²) in [5.74, 6) is 0. The minimum Gasteiger partial charge on any atom is -0.355 e. The quantitative estimate of drug-likeness (QED) is 0.124. The average molecular weight is 740 g/mol. The van der Waals surface area contributed by atoms with Crippen molar-refractivity contribution in [3.05, 3.63) is 212 Å². The highest BCUT2D eigenvalue weighted by Gasteiger charge is 2.49. The summed E-state index contributed by atoms with van der Waals surface area (Å²) in [6.45, 7) is 8.76. The van der Waals surface area contributed by atoms with E-state index in [1.54, 1.807) is 0 Å². The summed E-state index contributed by atoms with van der Waals surface area (Å²) < 4.78 is 0. The van der Waals surface area contributed by atoms with Crippen molar-refractivity contribution in [2.45, 2.75) is 29.4 Å². The van der Waals surface area contributed by atoms with E-state index >= 15 is 0 Å². The maximum Gasteiger partial charge on any atom is 0.0631 e. The van der Waals surface area contributed by atoms with Crippen LogP contribution in [0.15, 0.2) is 211 Å². The lowest BCUT2D eigenvalue weighted by Gasteiger charge is -2.40. The van der Waals surface area contributed by atoms with E-state index in [4.69, 9.17) is 0 Å². The zero-order valence-corrected chi connectivity index (χ0v) is 32.3. The van der Waals surface area contributed by atoms with Gasteiger partial charge < -0.3 is 14.8 Å². The van der Waals surface area contributed by atoms with Gasteiger partial charge in [0.1, 0.15) is 0 Å². The standard InChI is InChI=1S/C52H41N3S/c1-4-6-19-36(5-2)54(37-20-8-7-9-21-37)47-28-17-32-52(3)50-46(27-16-29-49(50)56-51(47)52)55(38-30-31-45-43(34-38)41-24-14-15-26-44(41)53-45)48-33-35-18-10-11-22-39(35)40-23-12-13-25-42(40)48/h4-34,51,53H,2H2,1,3H3/b6-4-,36-19+. The Morgan fingerprint density at radius 3 is 2.25 bits per heavy atom. The molecule has 2 aliphatic rings. The molecule has 0 saturated carbocycles. The summed E-state index contributed by atoms with van der Waals surface area (Å²) in [5.41, 5.74) is 10.1. The van der Waals surface area contributed by atoms with Gasteiger partial charge in [-0.1, -0.05) is 129 Å². The SMILES string of the molecule is C=C/C(=C\C=C/C)N(C1=CC=CC2(C)c3c(cccc3N(c3ccc4[nH]c5ccccc5c4c3)c3cc4ccccc4c4ccccc34)SC12)c1ccccc1. The van der Waals surface area contributed by atoms with Gasteiger partial charge in [-0.05, 0) is 95.9 Å². The lowest BCUT2D eigenvalue weighted by Crippen LogP contribution is -2.39. The Labute approximate surface area is 332 Å². The highest BCUT2D eigenvalue weighted by atomic mass is 32.2. The van der Waals surface area contributed by atoms with Crippen LogP contribution >= 0.6 is 11.8 Å². The molecule has 0 amide bonds. The lowest BCUT2D eigenvalue weighted by atomic mass is 9.74. The second kappa shape index (κ2) is 13.7. The fraction of sp³-hybridized carbons (Fsp3) is 0.0769. The van der Waals surface area contributed by atoms with Crippen LogP contribution in [0.1, 0.15) is 19.4 Å². The molecule has 8 aromatic rings. The Morgan fingerprint density at radius 1 is 0.696 bits per heavy atom. The number of aromatic amines is 1. The molecule has 3 nitrogen and oxygen atoms in total. The van der Waals surface area contributed by atoms with E-state index in [1.165, 1.54) is 54.2 Å². The number of nitrogens with zero attached hydrogens (tertiary/aromatic N) is 2. The molecule has 0 spiro atoms. The summed E-state index contributed by atoms with van der Waals surface area (Å²) >= 11 is 1.96. The Balaban J connectivity index is 1.21. The van der Waals surface area contributed by atoms with Gasteiger partial charge in [0.15, 0.2) is 0 Å². The van der Waals surface area contributed by atoms with Crippen LogP contribution in [0, 0.1) is 0 Å². The number of fused-ring (bicyclic) bond motifs is 9. The monoisotopic (exact) mass is 739 g/mol. The minimum atomic E-state index is -0.337. The largest absolute Gasteiger partial charge is 0.355 e. The molecule has 1 N–H and O–H groups in total. The molecular formula is C52H41N3S. The molecule has 0 fully saturated rings. The van der Waals surface area contributed by atoms with Gasteiger partial charge in [0.25, 0.3) is 0 Å². The van der Waals surface area contributed by atoms with Crippen molar-refractivity contribution >= 4 is 77.9 Å². The predicted octanol–water partition coefficient (Wildman–Crippen LogP) is 14.4. The van der Waals surface area contributed by atoms with Gasteiger partial charge in [-0.15, -0.1) is 11.8 Å². The molecular weight excluding hydrogens is 699 g/mol. The third-order valence-electron chi connectivity index (χ3n) is 11.5. The van der Waals surface area contributed by atoms with Crippen LogP contribution in [-0.2, 0) is 5.41 Å². The van der Waals surface area contributed by atoms with Crippen LogP contribution in [0.4, 0.5) is 22.7 Å². The lowest BCUT2D eigenvalue weighted by molar-refractivity contribution is 0.595. The van der Waals surface area contributed by atoms with Gasteiger partial charge in [0.05, 0.1) is 16.6 Å². The minimum absolute atomic E-state index is 0.101. The second-order valence-corrected chi connectivity index (χ2v) is 15.9. The summed E-state index contributed by atoms with van der Waals surface area (Å²) in [6, 6.07) is 53.1. The molecule has 10 rings (SSSR count). The van der Waals surface area contributed by atoms with Crippen molar-refractivity contribution in [3.8, 4) is 0 Å². The molecule has 270 valence electrons. The number of hydrogen-bond donors (Lipinski definition) is 1. The third kappa shape index (κ3) is 5.36. The Morgan fingerprint density at radius 2 is 1.43 bits per heavy atom. The molecule has 4 heteroatoms. The van der Waals surface area contributed by atoms with Crippen LogP contribution in [0.3, 0.4) is 0 Å². The molecule has 56 heavy (non-hydrogen) atoms. The number of H-pyrrole nitrogens is 1. The van der Waals surface area contributed by atoms with E-state index in [1.807, 2.05) is 17.8 Å². The van der Waals surface area contributed by atoms with E-state index in [9.17, 15) is 0 Å². The molecule has 0 radical (unpaired) electrons. The van der Waals surface area contributed by atoms with Crippen LogP contribution < -0.4 is 9.80 Å². The molecule has 1 aliphatic heterocycles. The van der Waals surface area contributed by atoms with E-state index < -0.39 is 0 Å². The first-order valence-electron chi connectivity index (χ1n) is 19.3. The number of anilines is 4. The summed E-state index contributed by atoms with van der Waals surface area (Å²) in [4.78, 5) is 9.87. The molecule has 7 aromatic carbocycles. The fourth-order valence-corrected chi connectivity index (χ4v) is 10.5. The average Bonchev–Trinajstić information content (AvgIpc) is 3.78. The van der Waals surface area contributed by atoms with Crippen molar-refractivity contribution in [2.75, 3.05) is 9.80 Å². The molecule has 2 heterocycles. The normalized spacial score (nSPS) is 17.8. The molecule has 0 saturated heterocycles. The summed E-state index contributed by atoms with van der Waals surface area (Å²) in [5, 5.41) is 7.48. The van der Waals surface area contributed by atoms with Gasteiger partial charge in [0, 0.05) is 65.8 Å². The topological polar surface area (TPSA) is 22.3 Å². The second-order valence-electron chi connectivity index (χ2n) is 14.8. The maximum atomic E-state index is 4.28. The molecule has 2 atom stereocenters. The number of nitrogens with one attached hydrogen (secondary N) is 1. The number of para-hydroxylation sites is 2. The Kier molecular flexibility index (Phi) is 8.31. The van der Waals surface area contributed by atoms with E-state index in [0.717, 1.165) is 33.8 Å². The fourth-order valence-electron chi connectivity index (χ4n) is 8.95. The van der Waals surface area contributed by atoms with Gasteiger partial charge in [-0.25, -0.2) is 0 Å². The van der Waals surface area contributed by atoms with E-state index in [-0.39, 0.29) is 10.7 Å². The van der Waals surface area contributed by atoms with Gasteiger partial charge in [-0.2, -0.15) is 0 Å². The smallest absolute Gasteiger partial charge is 0.0631 e. The number of rotatable bonds is 8. The van der Waals surface area contributed by atoms with Crippen LogP contribution in [0.5, 0.6) is 0 Å². The zero-order valence-electron chi connectivity index (χ0n) is 31.5. The first-order chi connectivity index (χ1) is 27.6. The predicted molar refractivity (Wildman–Crippen MR) is 242 cm³/mol. The van der Waals surface area contributed by atoms with Gasteiger partial charge >= 0.3 is 0 Å². The molecule has 1 aromatic heterocycles. The zero-order chi connectivity index (χ0) is 37.8. The highest BCUT2D eigenvalue weighted by Crippen LogP contribution is 2.60. The first-order valence-corrected chi connectivity index (χ1v) is 20.2. The van der Waals surface area contributed by atoms with Gasteiger partial charge in [0.2, 0.25) is 0 Å². The van der Waals surface area contributed by atoms with Crippen molar-refractivity contribution in [1.29, 1.82) is 0 Å². The maximum absolute atomic E-state index is 4.28. The molecule has 0 bridgehead atoms. The highest BCUT2D eigenvalue weighted by molar-refractivity contribution is 8.00. The first kappa shape index (κ1) is 34.0. The van der Waals surface area contributed by atoms with Crippen molar-refractivity contribution in [3.63, 3.8) is 0 Å². The number of benzene rings is 7. The van der Waals surface area contributed by atoms with Crippen LogP contribution in [0.2, 0.25) is 0 Å². The molecule has 1 aliphatic carbocycles. The summed E-state index contributed by atoms with van der Waals surface area (Å²) in [6.07, 6.45) is 15.3. The van der Waals surface area contributed by atoms with Crippen molar-refractivity contribution in [1.82, 2.24) is 4.98 Å². The van der Waals surface area contributed by atoms with Crippen LogP contribution in [0.25, 0.3) is 43.4 Å². The number of hydrogen-bond acceptors (Lipinski definition) is 3. The summed E-state index contributed by atoms with van der Waals surface area (Å²) in [7, 11) is 0. The number of aromatic nitrogens is 1. The Bertz CT molecular complexity index is 2970. The van der Waals surface area contributed by atoms with E-state index in [0.29, 0.717) is 0 Å². The van der Waals surface area contributed by atoms with Crippen molar-refractivity contribution < 1.29 is 0 Å². The Hall–Kier alpha value is -6.49. The molecule has 2 unspecified atom stereocenters. The number of allylic oxidation sites excluding steroid dienone is 7. The van der Waals surface area contributed by atoms with Crippen molar-refractivity contribution in [2.24, 2.45) is 0 Å². The van der Waals surface area contributed by atoms with E-state index in [2.05, 4.69) is 217 Å².